The molecule has 0 bridgehead atoms. The van der Waals surface area contributed by atoms with Crippen LogP contribution in [0.1, 0.15) is 0 Å². The predicted octanol–water partition coefficient (Wildman–Crippen LogP) is 2.57. The lowest BCUT2D eigenvalue weighted by Crippen LogP contribution is -1.97. The standard InChI is InChI=1S/C8H5Cl2N3/c9-6-4-12-13(5-6)8-7(10)2-1-3-11-8/h1-5H. The summed E-state index contributed by atoms with van der Waals surface area (Å²) in [5.41, 5.74) is 0. The second-order valence-corrected chi connectivity index (χ2v) is 3.26. The molecule has 0 saturated carbocycles. The highest BCUT2D eigenvalue weighted by molar-refractivity contribution is 6.32. The molecule has 5 heteroatoms. The molecule has 0 aliphatic rings. The number of hydrogen-bond donors (Lipinski definition) is 0. The molecular weight excluding hydrogens is 209 g/mol. The van der Waals surface area contributed by atoms with Gasteiger partial charge in [-0.05, 0) is 12.1 Å². The lowest BCUT2D eigenvalue weighted by molar-refractivity contribution is 0.847. The van der Waals surface area contributed by atoms with Crippen LogP contribution in [0.2, 0.25) is 10.0 Å². The van der Waals surface area contributed by atoms with Crippen LogP contribution < -0.4 is 0 Å². The van der Waals surface area contributed by atoms with E-state index >= 15 is 0 Å². The van der Waals surface area contributed by atoms with Crippen molar-refractivity contribution in [2.75, 3.05) is 0 Å². The maximum absolute atomic E-state index is 5.90. The van der Waals surface area contributed by atoms with Gasteiger partial charge >= 0.3 is 0 Å². The molecule has 0 aromatic carbocycles. The fraction of sp³-hybridized carbons (Fsp3) is 0. The molecule has 2 aromatic heterocycles. The van der Waals surface area contributed by atoms with Gasteiger partial charge in [-0.2, -0.15) is 5.10 Å². The first-order valence-corrected chi connectivity index (χ1v) is 4.34. The first-order chi connectivity index (χ1) is 6.27. The van der Waals surface area contributed by atoms with Crippen molar-refractivity contribution in [3.8, 4) is 5.82 Å². The molecule has 0 fully saturated rings. The Morgan fingerprint density at radius 2 is 2.15 bits per heavy atom. The summed E-state index contributed by atoms with van der Waals surface area (Å²) >= 11 is 11.6. The highest BCUT2D eigenvalue weighted by Gasteiger charge is 2.03. The normalized spacial score (nSPS) is 10.3. The number of hydrogen-bond acceptors (Lipinski definition) is 2. The van der Waals surface area contributed by atoms with E-state index in [-0.39, 0.29) is 0 Å². The number of halogens is 2. The van der Waals surface area contributed by atoms with E-state index in [9.17, 15) is 0 Å². The quantitative estimate of drug-likeness (QED) is 0.730. The maximum Gasteiger partial charge on any atom is 0.172 e. The van der Waals surface area contributed by atoms with Crippen molar-refractivity contribution in [1.29, 1.82) is 0 Å². The van der Waals surface area contributed by atoms with Crippen LogP contribution in [0, 0.1) is 0 Å². The lowest BCUT2D eigenvalue weighted by Gasteiger charge is -2.00. The summed E-state index contributed by atoms with van der Waals surface area (Å²) in [5.74, 6) is 0.580. The fourth-order valence-corrected chi connectivity index (χ4v) is 1.31. The molecule has 13 heavy (non-hydrogen) atoms. The van der Waals surface area contributed by atoms with Crippen LogP contribution in [0.15, 0.2) is 30.7 Å². The first kappa shape index (κ1) is 8.53. The molecule has 3 nitrogen and oxygen atoms in total. The smallest absolute Gasteiger partial charge is 0.172 e. The number of nitrogens with zero attached hydrogens (tertiary/aromatic N) is 3. The van der Waals surface area contributed by atoms with Crippen molar-refractivity contribution < 1.29 is 0 Å². The molecule has 0 spiro atoms. The van der Waals surface area contributed by atoms with Crippen LogP contribution in [0.5, 0.6) is 0 Å². The van der Waals surface area contributed by atoms with Crippen LogP contribution in [0.25, 0.3) is 5.82 Å². The minimum atomic E-state index is 0.544. The van der Waals surface area contributed by atoms with Gasteiger partial charge in [0.25, 0.3) is 0 Å². The van der Waals surface area contributed by atoms with Crippen LogP contribution in [0.3, 0.4) is 0 Å². The molecule has 0 atom stereocenters. The summed E-state index contributed by atoms with van der Waals surface area (Å²) in [7, 11) is 0. The maximum atomic E-state index is 5.90. The zero-order valence-corrected chi connectivity index (χ0v) is 8.00. The van der Waals surface area contributed by atoms with E-state index in [0.717, 1.165) is 0 Å². The van der Waals surface area contributed by atoms with Gasteiger partial charge in [0.15, 0.2) is 5.82 Å². The van der Waals surface area contributed by atoms with Crippen molar-refractivity contribution in [2.24, 2.45) is 0 Å². The lowest BCUT2D eigenvalue weighted by atomic mass is 10.4. The van der Waals surface area contributed by atoms with Crippen LogP contribution in [-0.4, -0.2) is 14.8 Å². The van der Waals surface area contributed by atoms with E-state index in [4.69, 9.17) is 23.2 Å². The SMILES string of the molecule is Clc1cnn(-c2ncccc2Cl)c1. The average Bonchev–Trinajstić information content (AvgIpc) is 2.53. The third-order valence-corrected chi connectivity index (χ3v) is 2.00. The van der Waals surface area contributed by atoms with Gasteiger partial charge in [-0.25, -0.2) is 9.67 Å². The summed E-state index contributed by atoms with van der Waals surface area (Å²) in [6.07, 6.45) is 4.83. The van der Waals surface area contributed by atoms with E-state index in [1.807, 2.05) is 0 Å². The van der Waals surface area contributed by atoms with Crippen molar-refractivity contribution in [1.82, 2.24) is 14.8 Å². The third-order valence-electron chi connectivity index (χ3n) is 1.51. The van der Waals surface area contributed by atoms with E-state index in [2.05, 4.69) is 10.1 Å². The molecule has 2 aromatic rings. The molecule has 66 valence electrons. The molecule has 2 rings (SSSR count). The van der Waals surface area contributed by atoms with Gasteiger partial charge in [-0.3, -0.25) is 0 Å². The van der Waals surface area contributed by atoms with Crippen molar-refractivity contribution in [2.45, 2.75) is 0 Å². The van der Waals surface area contributed by atoms with Crippen molar-refractivity contribution >= 4 is 23.2 Å². The highest BCUT2D eigenvalue weighted by atomic mass is 35.5. The van der Waals surface area contributed by atoms with Crippen LogP contribution in [-0.2, 0) is 0 Å². The second kappa shape index (κ2) is 3.36. The number of pyridine rings is 1. The van der Waals surface area contributed by atoms with Crippen molar-refractivity contribution in [3.05, 3.63) is 40.8 Å². The van der Waals surface area contributed by atoms with Gasteiger partial charge < -0.3 is 0 Å². The fourth-order valence-electron chi connectivity index (χ4n) is 0.963. The first-order valence-electron chi connectivity index (χ1n) is 3.58. The van der Waals surface area contributed by atoms with E-state index in [0.29, 0.717) is 15.9 Å². The van der Waals surface area contributed by atoms with E-state index < -0.39 is 0 Å². The van der Waals surface area contributed by atoms with Gasteiger partial charge in [0, 0.05) is 6.20 Å². The van der Waals surface area contributed by atoms with Gasteiger partial charge in [0.05, 0.1) is 22.4 Å². The molecule has 0 saturated heterocycles. The Morgan fingerprint density at radius 3 is 2.77 bits per heavy atom. The molecule has 0 aliphatic carbocycles. The highest BCUT2D eigenvalue weighted by Crippen LogP contribution is 2.17. The number of rotatable bonds is 1. The van der Waals surface area contributed by atoms with Crippen molar-refractivity contribution in [3.63, 3.8) is 0 Å². The largest absolute Gasteiger partial charge is 0.236 e. The molecule has 0 unspecified atom stereocenters. The zero-order valence-electron chi connectivity index (χ0n) is 6.48. The Bertz CT molecular complexity index is 425. The second-order valence-electron chi connectivity index (χ2n) is 2.41. The zero-order chi connectivity index (χ0) is 9.26. The molecule has 2 heterocycles. The molecule has 0 amide bonds. The Kier molecular flexibility index (Phi) is 2.20. The van der Waals surface area contributed by atoms with E-state index in [1.54, 1.807) is 24.5 Å². The Morgan fingerprint density at radius 1 is 1.31 bits per heavy atom. The Labute approximate surface area is 84.9 Å². The Balaban J connectivity index is 2.52. The summed E-state index contributed by atoms with van der Waals surface area (Å²) in [6, 6.07) is 3.51. The number of aromatic nitrogens is 3. The van der Waals surface area contributed by atoms with Gasteiger partial charge in [-0.1, -0.05) is 23.2 Å². The molecule has 0 radical (unpaired) electrons. The Hall–Kier alpha value is -1.06. The summed E-state index contributed by atoms with van der Waals surface area (Å²) < 4.78 is 1.53. The molecule has 0 aliphatic heterocycles. The van der Waals surface area contributed by atoms with Crippen LogP contribution >= 0.6 is 23.2 Å². The van der Waals surface area contributed by atoms with Gasteiger partial charge in [0.1, 0.15) is 0 Å². The topological polar surface area (TPSA) is 30.7 Å². The molecular formula is C8H5Cl2N3. The monoisotopic (exact) mass is 213 g/mol. The van der Waals surface area contributed by atoms with Crippen LogP contribution in [0.4, 0.5) is 0 Å². The summed E-state index contributed by atoms with van der Waals surface area (Å²) in [6.45, 7) is 0. The summed E-state index contributed by atoms with van der Waals surface area (Å²) in [5, 5.41) is 5.09. The minimum Gasteiger partial charge on any atom is -0.236 e. The third kappa shape index (κ3) is 1.66. The minimum absolute atomic E-state index is 0.544. The van der Waals surface area contributed by atoms with Gasteiger partial charge in [0.2, 0.25) is 0 Å². The van der Waals surface area contributed by atoms with Gasteiger partial charge in [-0.15, -0.1) is 0 Å². The molecule has 0 N–H and O–H groups in total. The summed E-state index contributed by atoms with van der Waals surface area (Å²) in [4.78, 5) is 4.07. The van der Waals surface area contributed by atoms with E-state index in [1.165, 1.54) is 10.9 Å². The predicted molar refractivity (Wildman–Crippen MR) is 51.4 cm³/mol. The average molecular weight is 214 g/mol.